The monoisotopic (exact) mass is 481 g/mol. The van der Waals surface area contributed by atoms with E-state index in [4.69, 9.17) is 16.4 Å². The molecular formula is C26H28ClN3O2S. The second kappa shape index (κ2) is 9.11. The van der Waals surface area contributed by atoms with Crippen molar-refractivity contribution in [2.24, 2.45) is 0 Å². The van der Waals surface area contributed by atoms with Crippen LogP contribution in [0.2, 0.25) is 5.02 Å². The van der Waals surface area contributed by atoms with Crippen LogP contribution in [-0.4, -0.2) is 27.5 Å². The van der Waals surface area contributed by atoms with Gasteiger partial charge < -0.3 is 10.0 Å². The van der Waals surface area contributed by atoms with Gasteiger partial charge in [-0.2, -0.15) is 0 Å². The number of nitrogens with one attached hydrogen (secondary N) is 2. The first-order valence-corrected chi connectivity index (χ1v) is 13.3. The smallest absolute Gasteiger partial charge is 0.134 e. The summed E-state index contributed by atoms with van der Waals surface area (Å²) in [6.45, 7) is 0. The minimum absolute atomic E-state index is 0.183. The van der Waals surface area contributed by atoms with Gasteiger partial charge in [-0.3, -0.25) is 0 Å². The Morgan fingerprint density at radius 1 is 0.909 bits per heavy atom. The van der Waals surface area contributed by atoms with Crippen molar-refractivity contribution in [1.82, 2.24) is 4.72 Å². The van der Waals surface area contributed by atoms with Gasteiger partial charge in [-0.1, -0.05) is 48.0 Å². The number of nitrogens with zero attached hydrogens (tertiary/aromatic N) is 1. The van der Waals surface area contributed by atoms with Crippen molar-refractivity contribution in [2.75, 3.05) is 4.90 Å². The summed E-state index contributed by atoms with van der Waals surface area (Å²) < 4.78 is 24.7. The molecule has 33 heavy (non-hydrogen) atoms. The van der Waals surface area contributed by atoms with Crippen LogP contribution in [0.4, 0.5) is 11.4 Å². The Hall–Kier alpha value is -2.38. The van der Waals surface area contributed by atoms with E-state index < -0.39 is 22.1 Å². The molecule has 5 rings (SSSR count). The first-order chi connectivity index (χ1) is 15.9. The van der Waals surface area contributed by atoms with E-state index in [-0.39, 0.29) is 6.04 Å². The Morgan fingerprint density at radius 3 is 2.09 bits per heavy atom. The summed E-state index contributed by atoms with van der Waals surface area (Å²) in [6.07, 6.45) is 3.48. The van der Waals surface area contributed by atoms with Crippen molar-refractivity contribution in [2.45, 2.75) is 55.2 Å². The van der Waals surface area contributed by atoms with E-state index in [1.54, 1.807) is 24.3 Å². The van der Waals surface area contributed by atoms with Crippen molar-refractivity contribution in [1.29, 1.82) is 4.78 Å². The topological polar surface area (TPSA) is 76.4 Å². The molecule has 1 aliphatic heterocycles. The Kier molecular flexibility index (Phi) is 6.18. The number of aliphatic hydroxyl groups excluding tert-OH is 1. The quantitative estimate of drug-likeness (QED) is 0.462. The highest BCUT2D eigenvalue weighted by molar-refractivity contribution is 7.90. The molecule has 172 valence electrons. The predicted molar refractivity (Wildman–Crippen MR) is 134 cm³/mol. The van der Waals surface area contributed by atoms with Gasteiger partial charge in [0.25, 0.3) is 0 Å². The normalized spacial score (nSPS) is 24.3. The maximum atomic E-state index is 13.2. The molecule has 1 heterocycles. The summed E-state index contributed by atoms with van der Waals surface area (Å²) in [4.78, 5) is 2.65. The van der Waals surface area contributed by atoms with Crippen molar-refractivity contribution in [3.8, 4) is 0 Å². The Labute approximate surface area is 200 Å². The molecule has 3 N–H and O–H groups in total. The Balaban J connectivity index is 1.48. The van der Waals surface area contributed by atoms with Crippen molar-refractivity contribution < 1.29 is 9.32 Å². The SMILES string of the molecule is N=S(=O)(NC1CCCC(N2c3ccccc3CCc3ccccc32)C1O)c1ccc(Cl)cc1. The predicted octanol–water partition coefficient (Wildman–Crippen LogP) is 5.47. The molecule has 0 radical (unpaired) electrons. The molecular weight excluding hydrogens is 454 g/mol. The highest BCUT2D eigenvalue weighted by atomic mass is 35.5. The summed E-state index contributed by atoms with van der Waals surface area (Å²) >= 11 is 5.96. The van der Waals surface area contributed by atoms with Crippen LogP contribution in [0.5, 0.6) is 0 Å². The van der Waals surface area contributed by atoms with Crippen LogP contribution in [-0.2, 0) is 22.8 Å². The molecule has 0 bridgehead atoms. The van der Waals surface area contributed by atoms with Crippen LogP contribution in [0.15, 0.2) is 77.7 Å². The van der Waals surface area contributed by atoms with E-state index in [1.807, 2.05) is 12.1 Å². The molecule has 1 aliphatic carbocycles. The standard InChI is InChI=1S/C26H28ClN3O2S/c27-20-14-16-21(17-15-20)33(28,32)29-22-8-5-11-25(26(22)31)30-23-9-3-1-6-18(23)12-13-19-7-2-4-10-24(19)30/h1-4,6-7,9-10,14-17,22,25-26,31H,5,8,11-13H2,(H2,28,29,32). The largest absolute Gasteiger partial charge is 0.389 e. The summed E-state index contributed by atoms with van der Waals surface area (Å²) in [6, 6.07) is 22.7. The molecule has 1 fully saturated rings. The van der Waals surface area contributed by atoms with Gasteiger partial charge in [0.1, 0.15) is 9.92 Å². The number of hydrogen-bond donors (Lipinski definition) is 3. The first-order valence-electron chi connectivity index (χ1n) is 11.4. The number of para-hydroxylation sites is 2. The summed E-state index contributed by atoms with van der Waals surface area (Å²) in [5.74, 6) is 0. The molecule has 4 unspecified atom stereocenters. The zero-order valence-electron chi connectivity index (χ0n) is 18.3. The lowest BCUT2D eigenvalue weighted by Crippen LogP contribution is -2.55. The zero-order valence-corrected chi connectivity index (χ0v) is 19.9. The third-order valence-corrected chi connectivity index (χ3v) is 8.60. The van der Waals surface area contributed by atoms with Gasteiger partial charge in [0, 0.05) is 22.4 Å². The fourth-order valence-electron chi connectivity index (χ4n) is 5.15. The van der Waals surface area contributed by atoms with E-state index >= 15 is 0 Å². The lowest BCUT2D eigenvalue weighted by Gasteiger charge is -2.43. The number of benzene rings is 3. The van der Waals surface area contributed by atoms with Gasteiger partial charge in [-0.05, 0) is 79.6 Å². The van der Waals surface area contributed by atoms with Crippen LogP contribution in [0.3, 0.4) is 0 Å². The number of aliphatic hydroxyl groups is 1. The second-order valence-electron chi connectivity index (χ2n) is 8.85. The lowest BCUT2D eigenvalue weighted by molar-refractivity contribution is 0.0816. The maximum absolute atomic E-state index is 13.2. The van der Waals surface area contributed by atoms with Gasteiger partial charge in [-0.25, -0.2) is 13.7 Å². The van der Waals surface area contributed by atoms with Crippen LogP contribution in [0.25, 0.3) is 0 Å². The average molecular weight is 482 g/mol. The van der Waals surface area contributed by atoms with Crippen molar-refractivity contribution in [3.63, 3.8) is 0 Å². The molecule has 0 spiro atoms. The number of anilines is 2. The van der Waals surface area contributed by atoms with Crippen molar-refractivity contribution in [3.05, 3.63) is 88.9 Å². The number of fused-ring (bicyclic) bond motifs is 2. The van der Waals surface area contributed by atoms with Gasteiger partial charge >= 0.3 is 0 Å². The van der Waals surface area contributed by atoms with E-state index in [0.29, 0.717) is 16.3 Å². The summed E-state index contributed by atoms with van der Waals surface area (Å²) in [7, 11) is -3.28. The van der Waals surface area contributed by atoms with E-state index in [9.17, 15) is 9.32 Å². The number of hydrogen-bond acceptors (Lipinski definition) is 4. The van der Waals surface area contributed by atoms with E-state index in [0.717, 1.165) is 37.1 Å². The van der Waals surface area contributed by atoms with Crippen molar-refractivity contribution >= 4 is 32.9 Å². The zero-order chi connectivity index (χ0) is 23.0. The van der Waals surface area contributed by atoms with Crippen LogP contribution in [0.1, 0.15) is 30.4 Å². The summed E-state index contributed by atoms with van der Waals surface area (Å²) in [5.41, 5.74) is 4.77. The van der Waals surface area contributed by atoms with Crippen LogP contribution in [0, 0.1) is 4.78 Å². The fraction of sp³-hybridized carbons (Fsp3) is 0.308. The average Bonchev–Trinajstić information content (AvgIpc) is 2.98. The number of aryl methyl sites for hydroxylation is 2. The minimum Gasteiger partial charge on any atom is -0.389 e. The molecule has 7 heteroatoms. The molecule has 0 saturated heterocycles. The molecule has 3 aromatic carbocycles. The molecule has 3 aromatic rings. The minimum atomic E-state index is -3.28. The highest BCUT2D eigenvalue weighted by Crippen LogP contribution is 2.41. The van der Waals surface area contributed by atoms with Crippen LogP contribution < -0.4 is 9.62 Å². The number of rotatable bonds is 4. The number of halogens is 1. The first kappa shape index (κ1) is 22.4. The fourth-order valence-corrected chi connectivity index (χ4v) is 6.61. The van der Waals surface area contributed by atoms with Gasteiger partial charge in [-0.15, -0.1) is 0 Å². The molecule has 4 atom stereocenters. The van der Waals surface area contributed by atoms with E-state index in [1.165, 1.54) is 11.1 Å². The molecule has 2 aliphatic rings. The van der Waals surface area contributed by atoms with Gasteiger partial charge in [0.05, 0.1) is 17.0 Å². The third-order valence-electron chi connectivity index (χ3n) is 6.78. The molecule has 0 aromatic heterocycles. The third kappa shape index (κ3) is 4.41. The highest BCUT2D eigenvalue weighted by Gasteiger charge is 2.39. The Morgan fingerprint density at radius 2 is 1.48 bits per heavy atom. The molecule has 5 nitrogen and oxygen atoms in total. The molecule has 0 amide bonds. The summed E-state index contributed by atoms with van der Waals surface area (Å²) in [5, 5.41) is 12.1. The maximum Gasteiger partial charge on any atom is 0.134 e. The molecule has 1 saturated carbocycles. The Bertz CT molecular complexity index is 1200. The van der Waals surface area contributed by atoms with Gasteiger partial charge in [0.2, 0.25) is 0 Å². The van der Waals surface area contributed by atoms with Gasteiger partial charge in [0.15, 0.2) is 0 Å². The van der Waals surface area contributed by atoms with E-state index in [2.05, 4.69) is 46.0 Å². The lowest BCUT2D eigenvalue weighted by atomic mass is 9.86. The van der Waals surface area contributed by atoms with Crippen LogP contribution >= 0.6 is 11.6 Å². The second-order valence-corrected chi connectivity index (χ2v) is 11.1.